The Morgan fingerprint density at radius 1 is 1.25 bits per heavy atom. The summed E-state index contributed by atoms with van der Waals surface area (Å²) >= 11 is 0. The van der Waals surface area contributed by atoms with Crippen molar-refractivity contribution < 1.29 is 9.90 Å². The molecule has 3 rings (SSSR count). The maximum absolute atomic E-state index is 12.2. The van der Waals surface area contributed by atoms with Gasteiger partial charge in [0.25, 0.3) is 0 Å². The number of nitrogens with one attached hydrogen (secondary N) is 1. The molecule has 2 atom stereocenters. The Labute approximate surface area is 142 Å². The first-order chi connectivity index (χ1) is 11.7. The van der Waals surface area contributed by atoms with Gasteiger partial charge in [0.2, 0.25) is 5.91 Å². The minimum Gasteiger partial charge on any atom is -0.396 e. The van der Waals surface area contributed by atoms with Gasteiger partial charge < -0.3 is 10.4 Å². The molecule has 0 aliphatic carbocycles. The first-order valence-electron chi connectivity index (χ1n) is 8.38. The Hall–Kier alpha value is -2.18. The van der Waals surface area contributed by atoms with Crippen LogP contribution >= 0.6 is 0 Å². The van der Waals surface area contributed by atoms with Crippen LogP contribution in [0, 0.1) is 5.92 Å². The first kappa shape index (κ1) is 16.7. The molecule has 0 bridgehead atoms. The number of aliphatic hydroxyl groups is 1. The zero-order valence-electron chi connectivity index (χ0n) is 13.7. The number of hydrogen-bond acceptors (Lipinski definition) is 4. The summed E-state index contributed by atoms with van der Waals surface area (Å²) in [5, 5.41) is 16.8. The van der Waals surface area contributed by atoms with Crippen molar-refractivity contribution in [2.24, 2.45) is 5.92 Å². The number of amides is 1. The quantitative estimate of drug-likeness (QED) is 0.792. The molecule has 0 radical (unpaired) electrons. The van der Waals surface area contributed by atoms with E-state index >= 15 is 0 Å². The van der Waals surface area contributed by atoms with Gasteiger partial charge in [-0.3, -0.25) is 14.4 Å². The van der Waals surface area contributed by atoms with Gasteiger partial charge in [-0.25, -0.2) is 0 Å². The Bertz CT molecular complexity index is 630. The molecule has 1 aliphatic heterocycles. The number of aliphatic hydroxyl groups excluding tert-OH is 1. The van der Waals surface area contributed by atoms with Crippen LogP contribution in [0.2, 0.25) is 0 Å². The summed E-state index contributed by atoms with van der Waals surface area (Å²) in [6, 6.07) is 12.1. The van der Waals surface area contributed by atoms with Crippen molar-refractivity contribution in [3.05, 3.63) is 54.4 Å². The predicted molar refractivity (Wildman–Crippen MR) is 91.1 cm³/mol. The zero-order valence-corrected chi connectivity index (χ0v) is 13.7. The number of rotatable bonds is 7. The maximum atomic E-state index is 12.2. The maximum Gasteiger partial charge on any atom is 0.222 e. The highest BCUT2D eigenvalue weighted by atomic mass is 16.3. The number of likely N-dealkylation sites (tertiary alicyclic amines) is 1. The molecule has 2 N–H and O–H groups in total. The number of nitrogens with zero attached hydrogens (tertiary/aromatic N) is 3. The Morgan fingerprint density at radius 3 is 2.79 bits per heavy atom. The molecule has 1 aromatic carbocycles. The van der Waals surface area contributed by atoms with Gasteiger partial charge in [0.15, 0.2) is 0 Å². The molecule has 6 nitrogen and oxygen atoms in total. The molecule has 1 aromatic heterocycles. The van der Waals surface area contributed by atoms with E-state index in [1.165, 1.54) is 5.56 Å². The third-order valence-electron chi connectivity index (χ3n) is 4.47. The SMILES string of the molecule is O=C(CCn1cccn1)N[C@@H]1CN(Cc2ccccc2)C[C@H]1CO. The summed E-state index contributed by atoms with van der Waals surface area (Å²) in [6.07, 6.45) is 3.95. The van der Waals surface area contributed by atoms with Crippen LogP contribution in [0.4, 0.5) is 0 Å². The highest BCUT2D eigenvalue weighted by molar-refractivity contribution is 5.76. The molecule has 2 aromatic rings. The average molecular weight is 328 g/mol. The molecule has 0 unspecified atom stereocenters. The van der Waals surface area contributed by atoms with Crippen LogP contribution in [0.5, 0.6) is 0 Å². The predicted octanol–water partition coefficient (Wildman–Crippen LogP) is 0.882. The molecule has 24 heavy (non-hydrogen) atoms. The second-order valence-corrected chi connectivity index (χ2v) is 6.32. The standard InChI is InChI=1S/C18H24N4O2/c23-14-16-12-21(11-15-5-2-1-3-6-15)13-17(16)20-18(24)7-10-22-9-4-8-19-22/h1-6,8-9,16-17,23H,7,10-14H2,(H,20,24)/t16-,17+/m0/s1. The normalized spacial score (nSPS) is 21.0. The van der Waals surface area contributed by atoms with Crippen molar-refractivity contribution in [3.8, 4) is 0 Å². The summed E-state index contributed by atoms with van der Waals surface area (Å²) < 4.78 is 1.75. The van der Waals surface area contributed by atoms with E-state index in [-0.39, 0.29) is 24.5 Å². The zero-order chi connectivity index (χ0) is 16.8. The third-order valence-corrected chi connectivity index (χ3v) is 4.47. The molecule has 6 heteroatoms. The van der Waals surface area contributed by atoms with Crippen LogP contribution in [-0.4, -0.2) is 51.4 Å². The molecule has 2 heterocycles. The third kappa shape index (κ3) is 4.43. The summed E-state index contributed by atoms with van der Waals surface area (Å²) in [5.41, 5.74) is 1.25. The van der Waals surface area contributed by atoms with E-state index in [9.17, 15) is 9.90 Å². The van der Waals surface area contributed by atoms with Gasteiger partial charge in [-0.15, -0.1) is 0 Å². The van der Waals surface area contributed by atoms with E-state index in [1.54, 1.807) is 10.9 Å². The fraction of sp³-hybridized carbons (Fsp3) is 0.444. The summed E-state index contributed by atoms with van der Waals surface area (Å²) in [5.74, 6) is 0.0953. The number of hydrogen-bond donors (Lipinski definition) is 2. The fourth-order valence-corrected chi connectivity index (χ4v) is 3.21. The van der Waals surface area contributed by atoms with Crippen LogP contribution in [-0.2, 0) is 17.9 Å². The van der Waals surface area contributed by atoms with E-state index in [1.807, 2.05) is 30.5 Å². The number of aryl methyl sites for hydroxylation is 1. The van der Waals surface area contributed by atoms with Crippen LogP contribution in [0.3, 0.4) is 0 Å². The minimum atomic E-state index is 0.00355. The van der Waals surface area contributed by atoms with Gasteiger partial charge in [0.05, 0.1) is 0 Å². The van der Waals surface area contributed by atoms with E-state index in [0.29, 0.717) is 13.0 Å². The van der Waals surface area contributed by atoms with Crippen LogP contribution in [0.1, 0.15) is 12.0 Å². The molecule has 0 saturated carbocycles. The van der Waals surface area contributed by atoms with E-state index in [0.717, 1.165) is 19.6 Å². The number of carbonyl (C=O) groups excluding carboxylic acids is 1. The number of benzene rings is 1. The smallest absolute Gasteiger partial charge is 0.222 e. The van der Waals surface area contributed by atoms with Gasteiger partial charge in [-0.2, -0.15) is 5.10 Å². The van der Waals surface area contributed by atoms with Crippen molar-refractivity contribution >= 4 is 5.91 Å². The monoisotopic (exact) mass is 328 g/mol. The van der Waals surface area contributed by atoms with Gasteiger partial charge in [0, 0.05) is 63.6 Å². The van der Waals surface area contributed by atoms with Crippen molar-refractivity contribution in [2.75, 3.05) is 19.7 Å². The van der Waals surface area contributed by atoms with Gasteiger partial charge >= 0.3 is 0 Å². The van der Waals surface area contributed by atoms with Gasteiger partial charge in [-0.1, -0.05) is 30.3 Å². The Kier molecular flexibility index (Phi) is 5.61. The van der Waals surface area contributed by atoms with Crippen molar-refractivity contribution in [1.82, 2.24) is 20.0 Å². The largest absolute Gasteiger partial charge is 0.396 e. The summed E-state index contributed by atoms with van der Waals surface area (Å²) in [7, 11) is 0. The minimum absolute atomic E-state index is 0.00355. The highest BCUT2D eigenvalue weighted by Crippen LogP contribution is 2.19. The Balaban J connectivity index is 1.49. The van der Waals surface area contributed by atoms with E-state index < -0.39 is 0 Å². The second kappa shape index (κ2) is 8.08. The molecule has 1 fully saturated rings. The number of carbonyl (C=O) groups is 1. The second-order valence-electron chi connectivity index (χ2n) is 6.32. The fourth-order valence-electron chi connectivity index (χ4n) is 3.21. The molecular weight excluding hydrogens is 304 g/mol. The van der Waals surface area contributed by atoms with Crippen molar-refractivity contribution in [2.45, 2.75) is 25.6 Å². The molecular formula is C18H24N4O2. The highest BCUT2D eigenvalue weighted by Gasteiger charge is 2.33. The molecule has 1 saturated heterocycles. The lowest BCUT2D eigenvalue weighted by Crippen LogP contribution is -2.41. The van der Waals surface area contributed by atoms with Gasteiger partial charge in [-0.05, 0) is 11.6 Å². The van der Waals surface area contributed by atoms with Crippen LogP contribution < -0.4 is 5.32 Å². The van der Waals surface area contributed by atoms with Crippen molar-refractivity contribution in [3.63, 3.8) is 0 Å². The van der Waals surface area contributed by atoms with Crippen LogP contribution in [0.15, 0.2) is 48.8 Å². The summed E-state index contributed by atoms with van der Waals surface area (Å²) in [4.78, 5) is 14.5. The number of aromatic nitrogens is 2. The average Bonchev–Trinajstić information content (AvgIpc) is 3.23. The topological polar surface area (TPSA) is 70.4 Å². The van der Waals surface area contributed by atoms with E-state index in [4.69, 9.17) is 0 Å². The molecule has 1 amide bonds. The lowest BCUT2D eigenvalue weighted by atomic mass is 10.1. The Morgan fingerprint density at radius 2 is 2.08 bits per heavy atom. The lowest BCUT2D eigenvalue weighted by Gasteiger charge is -2.18. The van der Waals surface area contributed by atoms with E-state index in [2.05, 4.69) is 27.4 Å². The van der Waals surface area contributed by atoms with Crippen molar-refractivity contribution in [1.29, 1.82) is 0 Å². The van der Waals surface area contributed by atoms with Crippen LogP contribution in [0.25, 0.3) is 0 Å². The van der Waals surface area contributed by atoms with Gasteiger partial charge in [0.1, 0.15) is 0 Å². The molecule has 0 spiro atoms. The molecule has 128 valence electrons. The lowest BCUT2D eigenvalue weighted by molar-refractivity contribution is -0.122. The first-order valence-corrected chi connectivity index (χ1v) is 8.38. The molecule has 1 aliphatic rings. The summed E-state index contributed by atoms with van der Waals surface area (Å²) in [6.45, 7) is 3.08.